The molecule has 0 aromatic heterocycles. The van der Waals surface area contributed by atoms with Crippen LogP contribution in [-0.2, 0) is 28.6 Å². The van der Waals surface area contributed by atoms with Crippen LogP contribution in [0, 0.1) is 0 Å². The summed E-state index contributed by atoms with van der Waals surface area (Å²) in [7, 11) is 5.39. The van der Waals surface area contributed by atoms with Crippen LogP contribution in [0.4, 0.5) is 0 Å². The van der Waals surface area contributed by atoms with Crippen LogP contribution in [0.5, 0.6) is 0 Å². The molecular weight excluding hydrogens is 654 g/mol. The Morgan fingerprint density at radius 3 is 1.62 bits per heavy atom. The highest BCUT2D eigenvalue weighted by atomic mass is 16.6. The fourth-order valence-corrected chi connectivity index (χ4v) is 5.98. The zero-order valence-corrected chi connectivity index (χ0v) is 34.2. The molecule has 2 unspecified atom stereocenters. The summed E-state index contributed by atoms with van der Waals surface area (Å²) >= 11 is 0. The molecule has 0 aromatic rings. The van der Waals surface area contributed by atoms with E-state index in [9.17, 15) is 19.5 Å². The van der Waals surface area contributed by atoms with Crippen molar-refractivity contribution in [1.82, 2.24) is 0 Å². The number of hydrogen-bond donors (Lipinski definition) is 0. The van der Waals surface area contributed by atoms with Gasteiger partial charge in [0.2, 0.25) is 0 Å². The first kappa shape index (κ1) is 49.6. The SMILES string of the molecule is CC/C=C/C/C=C/CCCCCCCCCC(=O)OCC(COCCC(C(=O)[O-])[N+](C)(C)C)OC(=O)CCCCC/C=C/CCCCCCCCC. The third-order valence-corrected chi connectivity index (χ3v) is 9.26. The summed E-state index contributed by atoms with van der Waals surface area (Å²) < 4.78 is 17.1. The van der Waals surface area contributed by atoms with E-state index in [1.54, 1.807) is 21.1 Å². The van der Waals surface area contributed by atoms with Crippen LogP contribution in [0.2, 0.25) is 0 Å². The molecule has 52 heavy (non-hydrogen) atoms. The van der Waals surface area contributed by atoms with Crippen LogP contribution in [0.3, 0.4) is 0 Å². The molecule has 0 saturated heterocycles. The Kier molecular flexibility index (Phi) is 33.9. The van der Waals surface area contributed by atoms with Crippen LogP contribution in [0.15, 0.2) is 36.5 Å². The summed E-state index contributed by atoms with van der Waals surface area (Å²) in [6.45, 7) is 4.52. The maximum Gasteiger partial charge on any atom is 0.306 e. The van der Waals surface area contributed by atoms with Crippen molar-refractivity contribution >= 4 is 17.9 Å². The highest BCUT2D eigenvalue weighted by molar-refractivity contribution is 5.70. The Hall–Kier alpha value is -2.45. The molecule has 2 atom stereocenters. The number of carboxylic acid groups (broad SMARTS) is 1. The van der Waals surface area contributed by atoms with Gasteiger partial charge in [0, 0.05) is 19.3 Å². The van der Waals surface area contributed by atoms with E-state index in [1.165, 1.54) is 70.6 Å². The number of carbonyl (C=O) groups excluding carboxylic acids is 3. The molecule has 0 saturated carbocycles. The van der Waals surface area contributed by atoms with Gasteiger partial charge in [0.25, 0.3) is 0 Å². The number of esters is 2. The second-order valence-electron chi connectivity index (χ2n) is 15.2. The number of allylic oxidation sites excluding steroid dienone is 6. The minimum Gasteiger partial charge on any atom is -0.544 e. The van der Waals surface area contributed by atoms with Crippen molar-refractivity contribution in [2.24, 2.45) is 0 Å². The van der Waals surface area contributed by atoms with E-state index in [0.717, 1.165) is 70.6 Å². The van der Waals surface area contributed by atoms with Gasteiger partial charge in [-0.1, -0.05) is 127 Å². The fourth-order valence-electron chi connectivity index (χ4n) is 5.98. The van der Waals surface area contributed by atoms with Gasteiger partial charge in [-0.25, -0.2) is 0 Å². The third-order valence-electron chi connectivity index (χ3n) is 9.26. The molecule has 0 heterocycles. The van der Waals surface area contributed by atoms with Gasteiger partial charge in [-0.05, 0) is 64.2 Å². The highest BCUT2D eigenvalue weighted by Gasteiger charge is 2.25. The minimum absolute atomic E-state index is 0.0329. The van der Waals surface area contributed by atoms with Crippen LogP contribution in [0.25, 0.3) is 0 Å². The van der Waals surface area contributed by atoms with E-state index in [-0.39, 0.29) is 42.7 Å². The number of nitrogens with zero attached hydrogens (tertiary/aromatic N) is 1. The smallest absolute Gasteiger partial charge is 0.306 e. The van der Waals surface area contributed by atoms with Gasteiger partial charge in [0.15, 0.2) is 6.10 Å². The van der Waals surface area contributed by atoms with Gasteiger partial charge in [0.05, 0.1) is 40.3 Å². The average Bonchev–Trinajstić information content (AvgIpc) is 3.09. The molecule has 302 valence electrons. The molecule has 0 aliphatic heterocycles. The Balaban J connectivity index is 4.40. The monoisotopic (exact) mass is 734 g/mol. The molecule has 0 rings (SSSR count). The van der Waals surface area contributed by atoms with E-state index < -0.39 is 18.1 Å². The first-order chi connectivity index (χ1) is 25.1. The molecule has 0 aliphatic carbocycles. The maximum atomic E-state index is 12.7. The second-order valence-corrected chi connectivity index (χ2v) is 15.2. The molecule has 8 nitrogen and oxygen atoms in total. The van der Waals surface area contributed by atoms with Gasteiger partial charge in [-0.3, -0.25) is 9.59 Å². The average molecular weight is 734 g/mol. The van der Waals surface area contributed by atoms with E-state index in [1.807, 2.05) is 0 Å². The normalized spacial score (nSPS) is 13.3. The lowest BCUT2D eigenvalue weighted by Crippen LogP contribution is -2.55. The summed E-state index contributed by atoms with van der Waals surface area (Å²) in [5, 5.41) is 11.6. The molecule has 0 fully saturated rings. The van der Waals surface area contributed by atoms with Gasteiger partial charge >= 0.3 is 11.9 Å². The number of carbonyl (C=O) groups is 3. The molecule has 0 N–H and O–H groups in total. The topological polar surface area (TPSA) is 102 Å². The highest BCUT2D eigenvalue weighted by Crippen LogP contribution is 2.13. The van der Waals surface area contributed by atoms with E-state index in [2.05, 4.69) is 50.3 Å². The molecule has 8 heteroatoms. The Morgan fingerprint density at radius 1 is 0.596 bits per heavy atom. The van der Waals surface area contributed by atoms with Crippen molar-refractivity contribution in [2.45, 2.75) is 187 Å². The Bertz CT molecular complexity index is 953. The lowest BCUT2D eigenvalue weighted by atomic mass is 10.1. The predicted molar refractivity (Wildman–Crippen MR) is 213 cm³/mol. The second kappa shape index (κ2) is 35.6. The van der Waals surface area contributed by atoms with Gasteiger partial charge in [0.1, 0.15) is 12.6 Å². The number of hydrogen-bond acceptors (Lipinski definition) is 7. The number of carboxylic acids is 1. The summed E-state index contributed by atoms with van der Waals surface area (Å²) in [4.78, 5) is 36.7. The van der Waals surface area contributed by atoms with Crippen LogP contribution < -0.4 is 5.11 Å². The van der Waals surface area contributed by atoms with Crippen LogP contribution in [-0.4, -0.2) is 75.5 Å². The van der Waals surface area contributed by atoms with Crippen molar-refractivity contribution in [3.05, 3.63) is 36.5 Å². The zero-order valence-electron chi connectivity index (χ0n) is 34.2. The quantitative estimate of drug-likeness (QED) is 0.0271. The van der Waals surface area contributed by atoms with Crippen molar-refractivity contribution in [1.29, 1.82) is 0 Å². The number of aliphatic carboxylic acids is 1. The molecule has 0 amide bonds. The van der Waals surface area contributed by atoms with Crippen molar-refractivity contribution in [3.63, 3.8) is 0 Å². The zero-order chi connectivity index (χ0) is 38.5. The number of unbranched alkanes of at least 4 members (excludes halogenated alkanes) is 17. The van der Waals surface area contributed by atoms with Crippen molar-refractivity contribution < 1.29 is 38.2 Å². The lowest BCUT2D eigenvalue weighted by Gasteiger charge is -2.34. The minimum atomic E-state index is -1.13. The first-order valence-electron chi connectivity index (χ1n) is 21.0. The summed E-state index contributed by atoms with van der Waals surface area (Å²) in [5.41, 5.74) is 0. The number of quaternary nitrogens is 1. The van der Waals surface area contributed by atoms with E-state index >= 15 is 0 Å². The maximum absolute atomic E-state index is 12.7. The van der Waals surface area contributed by atoms with Gasteiger partial charge in [-0.15, -0.1) is 0 Å². The summed E-state index contributed by atoms with van der Waals surface area (Å²) in [6.07, 6.45) is 38.8. The third kappa shape index (κ3) is 33.4. The lowest BCUT2D eigenvalue weighted by molar-refractivity contribution is -0.889. The molecular formula is C44H79NO7. The van der Waals surface area contributed by atoms with Gasteiger partial charge < -0.3 is 28.6 Å². The molecule has 0 radical (unpaired) electrons. The Labute approximate surface area is 319 Å². The largest absolute Gasteiger partial charge is 0.544 e. The Morgan fingerprint density at radius 2 is 1.08 bits per heavy atom. The standard InChI is InChI=1S/C44H79NO7/c1-6-8-10-12-14-16-18-20-22-24-26-28-30-32-34-42(46)51-39-40(38-50-37-36-41(44(48)49)45(3,4)5)52-43(47)35-33-31-29-27-25-23-21-19-17-15-13-11-9-7-2/h8,10,14,16,23,25,40-41H,6-7,9,11-13,15,17-22,24,26-39H2,1-5H3/b10-8+,16-14+,25-23+. The van der Waals surface area contributed by atoms with Crippen LogP contribution in [0.1, 0.15) is 174 Å². The molecule has 0 spiro atoms. The first-order valence-corrected chi connectivity index (χ1v) is 21.0. The molecule has 0 bridgehead atoms. The van der Waals surface area contributed by atoms with E-state index in [4.69, 9.17) is 14.2 Å². The molecule has 0 aromatic carbocycles. The van der Waals surface area contributed by atoms with Crippen molar-refractivity contribution in [3.8, 4) is 0 Å². The van der Waals surface area contributed by atoms with Crippen molar-refractivity contribution in [2.75, 3.05) is 41.0 Å². The number of ether oxygens (including phenoxy) is 3. The summed E-state index contributed by atoms with van der Waals surface area (Å²) in [5.74, 6) is -1.77. The van der Waals surface area contributed by atoms with Gasteiger partial charge in [-0.2, -0.15) is 0 Å². The van der Waals surface area contributed by atoms with Crippen LogP contribution >= 0.6 is 0 Å². The fraction of sp³-hybridized carbons (Fsp3) is 0.795. The predicted octanol–water partition coefficient (Wildman–Crippen LogP) is 9.74. The summed E-state index contributed by atoms with van der Waals surface area (Å²) in [6, 6.07) is -0.728. The molecule has 0 aliphatic rings. The number of rotatable bonds is 37. The van der Waals surface area contributed by atoms with E-state index in [0.29, 0.717) is 12.8 Å². The number of likely N-dealkylation sites (N-methyl/N-ethyl adjacent to an activating group) is 1.